The van der Waals surface area contributed by atoms with E-state index in [1.54, 1.807) is 20.1 Å². The molecule has 3 heteroatoms. The summed E-state index contributed by atoms with van der Waals surface area (Å²) < 4.78 is 5.25. The minimum atomic E-state index is 0.0976. The Balaban J connectivity index is 2.96. The zero-order valence-electron chi connectivity index (χ0n) is 9.37. The molecule has 0 bridgehead atoms. The zero-order chi connectivity index (χ0) is 11.3. The summed E-state index contributed by atoms with van der Waals surface area (Å²) in [5, 5.41) is 0. The van der Waals surface area contributed by atoms with Gasteiger partial charge in [0.15, 0.2) is 5.78 Å². The van der Waals surface area contributed by atoms with Crippen LogP contribution in [0.2, 0.25) is 0 Å². The van der Waals surface area contributed by atoms with Crippen LogP contribution in [0.4, 0.5) is 0 Å². The molecule has 15 heavy (non-hydrogen) atoms. The number of hydrogen-bond donors (Lipinski definition) is 0. The number of Topliss-reactive ketones (excluding diaryl/α,β-unsaturated/α-hetero) is 1. The standard InChI is InChI=1S/C12H16O2S/c1-4-15-8-11-7-10(9(2)13)5-6-12(11)14-3/h5-7H,4,8H2,1-3H3. The third-order valence-electron chi connectivity index (χ3n) is 2.15. The molecule has 0 aliphatic rings. The number of ether oxygens (including phenoxy) is 1. The minimum absolute atomic E-state index is 0.0976. The third kappa shape index (κ3) is 3.27. The van der Waals surface area contributed by atoms with E-state index in [4.69, 9.17) is 4.74 Å². The Morgan fingerprint density at radius 3 is 2.73 bits per heavy atom. The fourth-order valence-electron chi connectivity index (χ4n) is 1.32. The number of thioether (sulfide) groups is 1. The predicted molar refractivity (Wildman–Crippen MR) is 64.8 cm³/mol. The number of hydrogen-bond acceptors (Lipinski definition) is 3. The van der Waals surface area contributed by atoms with Crippen molar-refractivity contribution in [2.75, 3.05) is 12.9 Å². The molecule has 1 rings (SSSR count). The fourth-order valence-corrected chi connectivity index (χ4v) is 1.97. The lowest BCUT2D eigenvalue weighted by atomic mass is 10.1. The van der Waals surface area contributed by atoms with E-state index in [1.165, 1.54) is 0 Å². The van der Waals surface area contributed by atoms with Gasteiger partial charge >= 0.3 is 0 Å². The highest BCUT2D eigenvalue weighted by molar-refractivity contribution is 7.98. The summed E-state index contributed by atoms with van der Waals surface area (Å²) >= 11 is 1.82. The molecule has 0 heterocycles. The molecule has 0 aliphatic heterocycles. The van der Waals surface area contributed by atoms with Gasteiger partial charge in [-0.15, -0.1) is 0 Å². The maximum absolute atomic E-state index is 11.2. The second kappa shape index (κ2) is 5.81. The summed E-state index contributed by atoms with van der Waals surface area (Å²) in [5.41, 5.74) is 1.85. The summed E-state index contributed by atoms with van der Waals surface area (Å²) in [5.74, 6) is 2.91. The molecule has 0 N–H and O–H groups in total. The summed E-state index contributed by atoms with van der Waals surface area (Å²) in [6.45, 7) is 3.70. The Hall–Kier alpha value is -0.960. The van der Waals surface area contributed by atoms with Gasteiger partial charge in [-0.3, -0.25) is 4.79 Å². The molecule has 0 aromatic heterocycles. The molecule has 0 saturated carbocycles. The average Bonchev–Trinajstić information content (AvgIpc) is 2.25. The lowest BCUT2D eigenvalue weighted by Gasteiger charge is -2.08. The molecule has 0 saturated heterocycles. The molecule has 82 valence electrons. The number of ketones is 1. The third-order valence-corrected chi connectivity index (χ3v) is 3.07. The van der Waals surface area contributed by atoms with Crippen LogP contribution in [0.15, 0.2) is 18.2 Å². The van der Waals surface area contributed by atoms with E-state index in [1.807, 2.05) is 23.9 Å². The first kappa shape index (κ1) is 12.1. The van der Waals surface area contributed by atoms with E-state index < -0.39 is 0 Å². The molecule has 0 atom stereocenters. The summed E-state index contributed by atoms with van der Waals surface area (Å²) in [4.78, 5) is 11.2. The molecule has 0 radical (unpaired) electrons. The molecule has 0 amide bonds. The zero-order valence-corrected chi connectivity index (χ0v) is 10.2. The molecule has 0 unspecified atom stereocenters. The van der Waals surface area contributed by atoms with Crippen molar-refractivity contribution in [3.05, 3.63) is 29.3 Å². The molecule has 1 aromatic rings. The molecule has 0 fully saturated rings. The Kier molecular flexibility index (Phi) is 4.69. The van der Waals surface area contributed by atoms with E-state index in [2.05, 4.69) is 6.92 Å². The van der Waals surface area contributed by atoms with Gasteiger partial charge in [0, 0.05) is 16.9 Å². The SMILES string of the molecule is CCSCc1cc(C(C)=O)ccc1OC. The van der Waals surface area contributed by atoms with Crippen molar-refractivity contribution in [3.8, 4) is 5.75 Å². The Bertz CT molecular complexity index is 347. The maximum atomic E-state index is 11.2. The van der Waals surface area contributed by atoms with Crippen LogP contribution in [0.5, 0.6) is 5.75 Å². The summed E-state index contributed by atoms with van der Waals surface area (Å²) in [6, 6.07) is 5.59. The Labute approximate surface area is 95.0 Å². The highest BCUT2D eigenvalue weighted by atomic mass is 32.2. The van der Waals surface area contributed by atoms with Crippen LogP contribution in [0.25, 0.3) is 0 Å². The maximum Gasteiger partial charge on any atom is 0.159 e. The smallest absolute Gasteiger partial charge is 0.159 e. The first-order valence-electron chi connectivity index (χ1n) is 4.94. The normalized spacial score (nSPS) is 10.1. The molecular formula is C12H16O2S. The summed E-state index contributed by atoms with van der Waals surface area (Å²) in [7, 11) is 1.66. The van der Waals surface area contributed by atoms with Crippen LogP contribution < -0.4 is 4.74 Å². The van der Waals surface area contributed by atoms with Crippen molar-refractivity contribution < 1.29 is 9.53 Å². The van der Waals surface area contributed by atoms with Crippen molar-refractivity contribution in [1.82, 2.24) is 0 Å². The van der Waals surface area contributed by atoms with Gasteiger partial charge in [0.05, 0.1) is 7.11 Å². The van der Waals surface area contributed by atoms with E-state index in [0.717, 1.165) is 28.4 Å². The Morgan fingerprint density at radius 1 is 1.47 bits per heavy atom. The highest BCUT2D eigenvalue weighted by Gasteiger charge is 2.06. The van der Waals surface area contributed by atoms with Gasteiger partial charge in [-0.1, -0.05) is 6.92 Å². The van der Waals surface area contributed by atoms with Gasteiger partial charge in [-0.25, -0.2) is 0 Å². The van der Waals surface area contributed by atoms with Gasteiger partial charge in [0.25, 0.3) is 0 Å². The van der Waals surface area contributed by atoms with E-state index in [-0.39, 0.29) is 5.78 Å². The van der Waals surface area contributed by atoms with Gasteiger partial charge in [-0.05, 0) is 30.9 Å². The average molecular weight is 224 g/mol. The van der Waals surface area contributed by atoms with Crippen molar-refractivity contribution in [2.45, 2.75) is 19.6 Å². The number of methoxy groups -OCH3 is 1. The highest BCUT2D eigenvalue weighted by Crippen LogP contribution is 2.24. The first-order valence-corrected chi connectivity index (χ1v) is 6.10. The number of benzene rings is 1. The Morgan fingerprint density at radius 2 is 2.20 bits per heavy atom. The van der Waals surface area contributed by atoms with Gasteiger partial charge < -0.3 is 4.74 Å². The second-order valence-corrected chi connectivity index (χ2v) is 4.49. The van der Waals surface area contributed by atoms with E-state index in [9.17, 15) is 4.79 Å². The molecule has 0 spiro atoms. The predicted octanol–water partition coefficient (Wildman–Crippen LogP) is 3.15. The number of rotatable bonds is 5. The first-order chi connectivity index (χ1) is 7.19. The van der Waals surface area contributed by atoms with Crippen molar-refractivity contribution in [3.63, 3.8) is 0 Å². The lowest BCUT2D eigenvalue weighted by molar-refractivity contribution is 0.101. The van der Waals surface area contributed by atoms with Crippen LogP contribution in [0, 0.1) is 0 Å². The minimum Gasteiger partial charge on any atom is -0.496 e. The number of carbonyl (C=O) groups excluding carboxylic acids is 1. The lowest BCUT2D eigenvalue weighted by Crippen LogP contribution is -1.96. The van der Waals surface area contributed by atoms with Crippen LogP contribution in [-0.2, 0) is 5.75 Å². The van der Waals surface area contributed by atoms with Crippen LogP contribution in [-0.4, -0.2) is 18.6 Å². The number of carbonyl (C=O) groups is 1. The largest absolute Gasteiger partial charge is 0.496 e. The van der Waals surface area contributed by atoms with Crippen molar-refractivity contribution in [2.24, 2.45) is 0 Å². The molecule has 0 aliphatic carbocycles. The van der Waals surface area contributed by atoms with Gasteiger partial charge in [0.2, 0.25) is 0 Å². The van der Waals surface area contributed by atoms with Gasteiger partial charge in [0.1, 0.15) is 5.75 Å². The molecular weight excluding hydrogens is 208 g/mol. The van der Waals surface area contributed by atoms with Gasteiger partial charge in [-0.2, -0.15) is 11.8 Å². The fraction of sp³-hybridized carbons (Fsp3) is 0.417. The van der Waals surface area contributed by atoms with E-state index >= 15 is 0 Å². The summed E-state index contributed by atoms with van der Waals surface area (Å²) in [6.07, 6.45) is 0. The van der Waals surface area contributed by atoms with Crippen LogP contribution >= 0.6 is 11.8 Å². The van der Waals surface area contributed by atoms with Crippen LogP contribution in [0.1, 0.15) is 29.8 Å². The monoisotopic (exact) mass is 224 g/mol. The quantitative estimate of drug-likeness (QED) is 0.719. The van der Waals surface area contributed by atoms with Crippen molar-refractivity contribution >= 4 is 17.5 Å². The topological polar surface area (TPSA) is 26.3 Å². The van der Waals surface area contributed by atoms with Crippen LogP contribution in [0.3, 0.4) is 0 Å². The molecule has 1 aromatic carbocycles. The van der Waals surface area contributed by atoms with Crippen molar-refractivity contribution in [1.29, 1.82) is 0 Å². The second-order valence-electron chi connectivity index (χ2n) is 3.22. The van der Waals surface area contributed by atoms with E-state index in [0.29, 0.717) is 0 Å². The molecule has 2 nitrogen and oxygen atoms in total.